The monoisotopic (exact) mass is 267 g/mol. The molecule has 1 atom stereocenters. The van der Waals surface area contributed by atoms with Gasteiger partial charge in [0.15, 0.2) is 0 Å². The van der Waals surface area contributed by atoms with Crippen molar-refractivity contribution in [2.24, 2.45) is 0 Å². The predicted octanol–water partition coefficient (Wildman–Crippen LogP) is 3.69. The fourth-order valence-corrected chi connectivity index (χ4v) is 2.45. The van der Waals surface area contributed by atoms with Crippen molar-refractivity contribution < 1.29 is 5.11 Å². The van der Waals surface area contributed by atoms with Crippen LogP contribution in [-0.4, -0.2) is 10.1 Å². The first-order valence-electron chi connectivity index (χ1n) is 5.41. The number of aliphatic hydroxyl groups is 1. The van der Waals surface area contributed by atoms with E-state index in [2.05, 4.69) is 4.98 Å². The predicted molar refractivity (Wildman–Crippen MR) is 71.7 cm³/mol. The van der Waals surface area contributed by atoms with Crippen LogP contribution in [0.1, 0.15) is 27.9 Å². The molecule has 90 valence electrons. The van der Waals surface area contributed by atoms with Gasteiger partial charge < -0.3 is 5.11 Å². The highest BCUT2D eigenvalue weighted by atomic mass is 35.5. The van der Waals surface area contributed by atoms with Gasteiger partial charge in [0.25, 0.3) is 0 Å². The van der Waals surface area contributed by atoms with E-state index in [1.807, 2.05) is 37.4 Å². The summed E-state index contributed by atoms with van der Waals surface area (Å²) in [4.78, 5) is 4.34. The first-order valence-corrected chi connectivity index (χ1v) is 6.67. The van der Waals surface area contributed by atoms with E-state index in [4.69, 9.17) is 11.6 Å². The molecule has 1 N–H and O–H groups in total. The normalized spacial score (nSPS) is 12.7. The first-order chi connectivity index (χ1) is 8.06. The molecule has 0 aliphatic rings. The molecule has 0 fully saturated rings. The zero-order valence-electron chi connectivity index (χ0n) is 9.77. The minimum atomic E-state index is -0.547. The lowest BCUT2D eigenvalue weighted by Gasteiger charge is -2.10. The van der Waals surface area contributed by atoms with E-state index in [1.165, 1.54) is 0 Å². The fourth-order valence-electron chi connectivity index (χ4n) is 1.63. The lowest BCUT2D eigenvalue weighted by Crippen LogP contribution is -2.02. The lowest BCUT2D eigenvalue weighted by atomic mass is 10.0. The number of halogens is 1. The van der Waals surface area contributed by atoms with Gasteiger partial charge >= 0.3 is 0 Å². The summed E-state index contributed by atoms with van der Waals surface area (Å²) < 4.78 is 0. The van der Waals surface area contributed by atoms with Crippen LogP contribution in [-0.2, 0) is 6.42 Å². The van der Waals surface area contributed by atoms with Crippen molar-refractivity contribution in [3.05, 3.63) is 50.4 Å². The van der Waals surface area contributed by atoms with E-state index in [9.17, 15) is 5.11 Å². The van der Waals surface area contributed by atoms with Gasteiger partial charge in [0.2, 0.25) is 0 Å². The van der Waals surface area contributed by atoms with Crippen molar-refractivity contribution in [1.29, 1.82) is 0 Å². The molecule has 0 saturated heterocycles. The molecule has 1 aromatic heterocycles. The van der Waals surface area contributed by atoms with E-state index < -0.39 is 6.10 Å². The van der Waals surface area contributed by atoms with Crippen LogP contribution in [0.25, 0.3) is 0 Å². The molecule has 1 unspecified atom stereocenters. The zero-order valence-corrected chi connectivity index (χ0v) is 11.3. The zero-order chi connectivity index (χ0) is 12.4. The lowest BCUT2D eigenvalue weighted by molar-refractivity contribution is 0.177. The Hall–Kier alpha value is -0.900. The third kappa shape index (κ3) is 3.06. The van der Waals surface area contributed by atoms with E-state index in [1.54, 1.807) is 11.3 Å². The highest BCUT2D eigenvalue weighted by Crippen LogP contribution is 2.24. The maximum atomic E-state index is 10.1. The molecule has 0 saturated carbocycles. The van der Waals surface area contributed by atoms with Crippen LogP contribution in [0.5, 0.6) is 0 Å². The molecule has 0 spiro atoms. The minimum Gasteiger partial charge on any atom is -0.388 e. The van der Waals surface area contributed by atoms with Crippen molar-refractivity contribution in [1.82, 2.24) is 4.98 Å². The molecule has 17 heavy (non-hydrogen) atoms. The number of hydrogen-bond donors (Lipinski definition) is 1. The number of aromatic nitrogens is 1. The summed E-state index contributed by atoms with van der Waals surface area (Å²) in [5.74, 6) is 0. The van der Waals surface area contributed by atoms with Gasteiger partial charge in [0, 0.05) is 16.8 Å². The van der Waals surface area contributed by atoms with Gasteiger partial charge in [-0.2, -0.15) is 0 Å². The Morgan fingerprint density at radius 2 is 2.18 bits per heavy atom. The Kier molecular flexibility index (Phi) is 3.82. The van der Waals surface area contributed by atoms with Gasteiger partial charge in [-0.3, -0.25) is 0 Å². The number of aliphatic hydroxyl groups excluding tert-OH is 1. The Balaban J connectivity index is 2.14. The maximum absolute atomic E-state index is 10.1. The number of hydrogen-bond acceptors (Lipinski definition) is 3. The molecule has 0 radical (unpaired) electrons. The Bertz CT molecular complexity index is 524. The van der Waals surface area contributed by atoms with E-state index >= 15 is 0 Å². The van der Waals surface area contributed by atoms with Crippen LogP contribution in [0.3, 0.4) is 0 Å². The van der Waals surface area contributed by atoms with Crippen molar-refractivity contribution in [2.45, 2.75) is 26.4 Å². The second kappa shape index (κ2) is 5.17. The van der Waals surface area contributed by atoms with E-state index in [0.717, 1.165) is 21.8 Å². The first kappa shape index (κ1) is 12.6. The summed E-state index contributed by atoms with van der Waals surface area (Å²) in [6, 6.07) is 5.65. The molecule has 1 heterocycles. The van der Waals surface area contributed by atoms with Gasteiger partial charge in [0.1, 0.15) is 0 Å². The molecular weight excluding hydrogens is 254 g/mol. The van der Waals surface area contributed by atoms with Crippen LogP contribution < -0.4 is 0 Å². The topological polar surface area (TPSA) is 33.1 Å². The number of rotatable bonds is 3. The number of benzene rings is 1. The van der Waals surface area contributed by atoms with Gasteiger partial charge in [0.05, 0.1) is 16.8 Å². The number of aryl methyl sites for hydroxylation is 2. The van der Waals surface area contributed by atoms with Crippen LogP contribution in [0.2, 0.25) is 5.02 Å². The Morgan fingerprint density at radius 3 is 2.76 bits per heavy atom. The minimum absolute atomic E-state index is 0.531. The average molecular weight is 268 g/mol. The number of nitrogens with zero attached hydrogens (tertiary/aromatic N) is 1. The SMILES string of the molecule is Cc1nc(CC(O)c2ccc(C)c(Cl)c2)cs1. The summed E-state index contributed by atoms with van der Waals surface area (Å²) >= 11 is 7.64. The molecule has 4 heteroatoms. The summed E-state index contributed by atoms with van der Waals surface area (Å²) in [5.41, 5.74) is 2.79. The maximum Gasteiger partial charge on any atom is 0.0897 e. The van der Waals surface area contributed by atoms with Crippen molar-refractivity contribution in [2.75, 3.05) is 0 Å². The molecular formula is C13H14ClNOS. The smallest absolute Gasteiger partial charge is 0.0897 e. The van der Waals surface area contributed by atoms with Gasteiger partial charge in [-0.1, -0.05) is 23.7 Å². The highest BCUT2D eigenvalue weighted by Gasteiger charge is 2.11. The molecule has 2 nitrogen and oxygen atoms in total. The summed E-state index contributed by atoms with van der Waals surface area (Å²) in [5, 5.41) is 13.8. The summed E-state index contributed by atoms with van der Waals surface area (Å²) in [6.07, 6.45) is -0.0152. The van der Waals surface area contributed by atoms with Crippen LogP contribution in [0.15, 0.2) is 23.6 Å². The van der Waals surface area contributed by atoms with Crippen LogP contribution in [0.4, 0.5) is 0 Å². The van der Waals surface area contributed by atoms with Crippen LogP contribution >= 0.6 is 22.9 Å². The highest BCUT2D eigenvalue weighted by molar-refractivity contribution is 7.09. The third-order valence-corrected chi connectivity index (χ3v) is 3.88. The second-order valence-corrected chi connectivity index (χ2v) is 5.56. The van der Waals surface area contributed by atoms with Crippen molar-refractivity contribution in [3.63, 3.8) is 0 Å². The van der Waals surface area contributed by atoms with Gasteiger partial charge in [-0.25, -0.2) is 4.98 Å². The van der Waals surface area contributed by atoms with Crippen molar-refractivity contribution >= 4 is 22.9 Å². The fraction of sp³-hybridized carbons (Fsp3) is 0.308. The second-order valence-electron chi connectivity index (χ2n) is 4.09. The quantitative estimate of drug-likeness (QED) is 0.920. The molecule has 0 bridgehead atoms. The summed E-state index contributed by atoms with van der Waals surface area (Å²) in [7, 11) is 0. The summed E-state index contributed by atoms with van der Waals surface area (Å²) in [6.45, 7) is 3.91. The molecule has 1 aromatic carbocycles. The van der Waals surface area contributed by atoms with E-state index in [0.29, 0.717) is 11.4 Å². The Labute approximate surface area is 110 Å². The largest absolute Gasteiger partial charge is 0.388 e. The van der Waals surface area contributed by atoms with Gasteiger partial charge in [-0.05, 0) is 31.0 Å². The van der Waals surface area contributed by atoms with Crippen molar-refractivity contribution in [3.8, 4) is 0 Å². The molecule has 2 aromatic rings. The van der Waals surface area contributed by atoms with E-state index in [-0.39, 0.29) is 0 Å². The Morgan fingerprint density at radius 1 is 1.41 bits per heavy atom. The third-order valence-electron chi connectivity index (χ3n) is 2.65. The molecule has 0 aliphatic heterocycles. The number of thiazole rings is 1. The standard InChI is InChI=1S/C13H14ClNOS/c1-8-3-4-10(5-12(8)14)13(16)6-11-7-17-9(2)15-11/h3-5,7,13,16H,6H2,1-2H3. The van der Waals surface area contributed by atoms with Crippen LogP contribution in [0, 0.1) is 13.8 Å². The molecule has 0 amide bonds. The molecule has 0 aliphatic carbocycles. The van der Waals surface area contributed by atoms with Gasteiger partial charge in [-0.15, -0.1) is 11.3 Å². The average Bonchev–Trinajstić information content (AvgIpc) is 2.68. The molecule has 2 rings (SSSR count).